The molecule has 1 aromatic carbocycles. The van der Waals surface area contributed by atoms with E-state index in [1.165, 1.54) is 5.56 Å². The molecule has 0 saturated heterocycles. The van der Waals surface area contributed by atoms with Crippen molar-refractivity contribution >= 4 is 11.5 Å². The second kappa shape index (κ2) is 5.17. The Hall–Kier alpha value is -1.57. The smallest absolute Gasteiger partial charge is 0.303 e. The molecule has 92 valence electrons. The molecule has 0 bridgehead atoms. The van der Waals surface area contributed by atoms with Crippen LogP contribution in [-0.2, 0) is 10.2 Å². The minimum atomic E-state index is -0.780. The average molecular weight is 232 g/mol. The number of rotatable bonds is 4. The quantitative estimate of drug-likeness (QED) is 0.855. The number of carboxylic acids is 1. The van der Waals surface area contributed by atoms with Crippen molar-refractivity contribution in [3.05, 3.63) is 42.0 Å². The number of allylic oxidation sites excluding steroid dienone is 1. The van der Waals surface area contributed by atoms with Crippen molar-refractivity contribution in [3.63, 3.8) is 0 Å². The Kier molecular flexibility index (Phi) is 4.11. The molecule has 0 aliphatic rings. The van der Waals surface area contributed by atoms with E-state index in [-0.39, 0.29) is 11.8 Å². The van der Waals surface area contributed by atoms with Crippen LogP contribution in [0.15, 0.2) is 30.8 Å². The predicted octanol–water partition coefficient (Wildman–Crippen LogP) is 3.86. The molecule has 1 aromatic rings. The Bertz CT molecular complexity index is 408. The van der Waals surface area contributed by atoms with Gasteiger partial charge in [0.1, 0.15) is 0 Å². The molecule has 0 spiro atoms. The van der Waals surface area contributed by atoms with Crippen LogP contribution in [0.1, 0.15) is 44.7 Å². The standard InChI is InChI=1S/C15H20O2/c1-11(5-10-14(16)17)12-6-8-13(9-7-12)15(2,3)4/h6-9H,1,5,10H2,2-4H3,(H,16,17). The highest BCUT2D eigenvalue weighted by Crippen LogP contribution is 2.25. The molecule has 2 nitrogen and oxygen atoms in total. The highest BCUT2D eigenvalue weighted by atomic mass is 16.4. The molecule has 0 aliphatic carbocycles. The number of benzene rings is 1. The van der Waals surface area contributed by atoms with Gasteiger partial charge in [-0.15, -0.1) is 0 Å². The first kappa shape index (κ1) is 13.5. The summed E-state index contributed by atoms with van der Waals surface area (Å²) in [5, 5.41) is 8.62. The lowest BCUT2D eigenvalue weighted by Crippen LogP contribution is -2.10. The van der Waals surface area contributed by atoms with Gasteiger partial charge in [0.25, 0.3) is 0 Å². The third-order valence-electron chi connectivity index (χ3n) is 2.80. The van der Waals surface area contributed by atoms with Crippen molar-refractivity contribution in [3.8, 4) is 0 Å². The Balaban J connectivity index is 2.74. The monoisotopic (exact) mass is 232 g/mol. The number of carboxylic acid groups (broad SMARTS) is 1. The van der Waals surface area contributed by atoms with Gasteiger partial charge in [-0.1, -0.05) is 51.6 Å². The first-order valence-corrected chi connectivity index (χ1v) is 5.81. The second-order valence-electron chi connectivity index (χ2n) is 5.32. The fraction of sp³-hybridized carbons (Fsp3) is 0.400. The molecule has 0 amide bonds. The molecular weight excluding hydrogens is 212 g/mol. The van der Waals surface area contributed by atoms with Gasteiger partial charge in [0.15, 0.2) is 0 Å². The minimum absolute atomic E-state index is 0.139. The summed E-state index contributed by atoms with van der Waals surface area (Å²) in [6.07, 6.45) is 0.643. The van der Waals surface area contributed by atoms with Crippen molar-refractivity contribution in [1.29, 1.82) is 0 Å². The van der Waals surface area contributed by atoms with E-state index in [2.05, 4.69) is 39.5 Å². The molecule has 0 fully saturated rings. The lowest BCUT2D eigenvalue weighted by Gasteiger charge is -2.19. The van der Waals surface area contributed by atoms with E-state index in [1.807, 2.05) is 12.1 Å². The van der Waals surface area contributed by atoms with Gasteiger partial charge in [0.05, 0.1) is 0 Å². The molecule has 0 atom stereocenters. The van der Waals surface area contributed by atoms with E-state index in [0.29, 0.717) is 6.42 Å². The van der Waals surface area contributed by atoms with Gasteiger partial charge in [-0.2, -0.15) is 0 Å². The van der Waals surface area contributed by atoms with E-state index in [1.54, 1.807) is 0 Å². The van der Waals surface area contributed by atoms with Crippen molar-refractivity contribution < 1.29 is 9.90 Å². The normalized spacial score (nSPS) is 11.2. The summed E-state index contributed by atoms with van der Waals surface area (Å²) in [5.74, 6) is -0.780. The van der Waals surface area contributed by atoms with Crippen LogP contribution in [-0.4, -0.2) is 11.1 Å². The van der Waals surface area contributed by atoms with Crippen molar-refractivity contribution in [1.82, 2.24) is 0 Å². The maximum Gasteiger partial charge on any atom is 0.303 e. The molecule has 0 aromatic heterocycles. The van der Waals surface area contributed by atoms with Crippen LogP contribution in [0, 0.1) is 0 Å². The van der Waals surface area contributed by atoms with Crippen LogP contribution in [0.2, 0.25) is 0 Å². The van der Waals surface area contributed by atoms with Crippen LogP contribution in [0.5, 0.6) is 0 Å². The molecule has 1 rings (SSSR count). The van der Waals surface area contributed by atoms with Gasteiger partial charge in [0.2, 0.25) is 0 Å². The highest BCUT2D eigenvalue weighted by molar-refractivity contribution is 5.72. The lowest BCUT2D eigenvalue weighted by molar-refractivity contribution is -0.136. The van der Waals surface area contributed by atoms with E-state index in [4.69, 9.17) is 5.11 Å². The average Bonchev–Trinajstić information content (AvgIpc) is 2.25. The van der Waals surface area contributed by atoms with E-state index in [9.17, 15) is 4.79 Å². The summed E-state index contributed by atoms with van der Waals surface area (Å²) in [4.78, 5) is 10.5. The van der Waals surface area contributed by atoms with Crippen LogP contribution in [0.3, 0.4) is 0 Å². The van der Waals surface area contributed by atoms with Gasteiger partial charge in [-0.25, -0.2) is 0 Å². The van der Waals surface area contributed by atoms with Gasteiger partial charge in [-0.05, 0) is 28.5 Å². The summed E-state index contributed by atoms with van der Waals surface area (Å²) in [7, 11) is 0. The molecule has 0 saturated carbocycles. The zero-order valence-corrected chi connectivity index (χ0v) is 10.8. The summed E-state index contributed by atoms with van der Waals surface area (Å²) in [5.41, 5.74) is 3.32. The van der Waals surface area contributed by atoms with E-state index in [0.717, 1.165) is 11.1 Å². The van der Waals surface area contributed by atoms with Crippen LogP contribution in [0.4, 0.5) is 0 Å². The van der Waals surface area contributed by atoms with Crippen molar-refractivity contribution in [2.24, 2.45) is 0 Å². The molecule has 0 radical (unpaired) electrons. The van der Waals surface area contributed by atoms with Crippen LogP contribution >= 0.6 is 0 Å². The summed E-state index contributed by atoms with van der Waals surface area (Å²) in [6.45, 7) is 10.4. The molecule has 0 unspecified atom stereocenters. The van der Waals surface area contributed by atoms with Crippen molar-refractivity contribution in [2.75, 3.05) is 0 Å². The summed E-state index contributed by atoms with van der Waals surface area (Å²) >= 11 is 0. The maximum absolute atomic E-state index is 10.5. The number of carbonyl (C=O) groups is 1. The Morgan fingerprint density at radius 2 is 1.71 bits per heavy atom. The number of hydrogen-bond acceptors (Lipinski definition) is 1. The summed E-state index contributed by atoms with van der Waals surface area (Å²) in [6, 6.07) is 8.21. The zero-order valence-electron chi connectivity index (χ0n) is 10.8. The molecule has 0 heterocycles. The predicted molar refractivity (Wildman–Crippen MR) is 71.0 cm³/mol. The topological polar surface area (TPSA) is 37.3 Å². The highest BCUT2D eigenvalue weighted by Gasteiger charge is 2.13. The van der Waals surface area contributed by atoms with Gasteiger partial charge in [-0.3, -0.25) is 4.79 Å². The largest absolute Gasteiger partial charge is 0.481 e. The lowest BCUT2D eigenvalue weighted by atomic mass is 9.86. The fourth-order valence-electron chi connectivity index (χ4n) is 1.61. The number of hydrogen-bond donors (Lipinski definition) is 1. The minimum Gasteiger partial charge on any atom is -0.481 e. The van der Waals surface area contributed by atoms with Gasteiger partial charge >= 0.3 is 5.97 Å². The zero-order chi connectivity index (χ0) is 13.1. The Morgan fingerprint density at radius 3 is 2.12 bits per heavy atom. The molecule has 0 aliphatic heterocycles. The molecule has 1 N–H and O–H groups in total. The van der Waals surface area contributed by atoms with E-state index >= 15 is 0 Å². The van der Waals surface area contributed by atoms with Crippen LogP contribution in [0.25, 0.3) is 5.57 Å². The Labute approximate surface area is 103 Å². The molecule has 17 heavy (non-hydrogen) atoms. The van der Waals surface area contributed by atoms with Gasteiger partial charge < -0.3 is 5.11 Å². The first-order valence-electron chi connectivity index (χ1n) is 5.81. The molecular formula is C15H20O2. The first-order chi connectivity index (χ1) is 7.80. The number of aliphatic carboxylic acids is 1. The second-order valence-corrected chi connectivity index (χ2v) is 5.32. The Morgan fingerprint density at radius 1 is 1.18 bits per heavy atom. The van der Waals surface area contributed by atoms with E-state index < -0.39 is 5.97 Å². The summed E-state index contributed by atoms with van der Waals surface area (Å²) < 4.78 is 0. The van der Waals surface area contributed by atoms with Crippen molar-refractivity contribution in [2.45, 2.75) is 39.0 Å². The maximum atomic E-state index is 10.5. The van der Waals surface area contributed by atoms with Gasteiger partial charge in [0, 0.05) is 6.42 Å². The third kappa shape index (κ3) is 4.06. The SMILES string of the molecule is C=C(CCC(=O)O)c1ccc(C(C)(C)C)cc1. The third-order valence-corrected chi connectivity index (χ3v) is 2.80. The van der Waals surface area contributed by atoms with Crippen LogP contribution < -0.4 is 0 Å². The molecule has 2 heteroatoms. The fourth-order valence-corrected chi connectivity index (χ4v) is 1.61.